The molecule has 2 aromatic rings. The van der Waals surface area contributed by atoms with Crippen LogP contribution < -0.4 is 5.56 Å². The van der Waals surface area contributed by atoms with Crippen LogP contribution in [0.1, 0.15) is 25.8 Å². The van der Waals surface area contributed by atoms with Crippen LogP contribution in [0.5, 0.6) is 0 Å². The number of nitrogens with zero attached hydrogens (tertiary/aromatic N) is 4. The van der Waals surface area contributed by atoms with E-state index in [2.05, 4.69) is 5.10 Å². The van der Waals surface area contributed by atoms with Gasteiger partial charge >= 0.3 is 0 Å². The minimum absolute atomic E-state index is 0.0149. The molecule has 2 fully saturated rings. The average molecular weight is 410 g/mol. The highest BCUT2D eigenvalue weighted by Gasteiger charge is 2.32. The summed E-state index contributed by atoms with van der Waals surface area (Å²) in [6.07, 6.45) is 1.34. The van der Waals surface area contributed by atoms with Crippen molar-refractivity contribution < 1.29 is 14.3 Å². The number of hydrogen-bond donors (Lipinski definition) is 0. The fourth-order valence-corrected chi connectivity index (χ4v) is 3.96. The molecule has 1 aromatic heterocycles. The van der Waals surface area contributed by atoms with Gasteiger partial charge in [0.2, 0.25) is 5.91 Å². The Morgan fingerprint density at radius 2 is 1.73 bits per heavy atom. The van der Waals surface area contributed by atoms with E-state index in [0.717, 1.165) is 18.4 Å². The van der Waals surface area contributed by atoms with Gasteiger partial charge in [-0.05, 0) is 25.8 Å². The average Bonchev–Trinajstić information content (AvgIpc) is 3.34. The Morgan fingerprint density at radius 3 is 2.40 bits per heavy atom. The second-order valence-electron chi connectivity index (χ2n) is 7.70. The number of carbonyl (C=O) groups excluding carboxylic acids is 2. The topological polar surface area (TPSA) is 84.7 Å². The van der Waals surface area contributed by atoms with Crippen molar-refractivity contribution in [3.05, 3.63) is 52.8 Å². The van der Waals surface area contributed by atoms with Crippen LogP contribution in [0.15, 0.2) is 47.3 Å². The van der Waals surface area contributed by atoms with Gasteiger partial charge in [-0.1, -0.05) is 30.3 Å². The number of piperazine rings is 1. The lowest BCUT2D eigenvalue weighted by molar-refractivity contribution is -0.147. The quantitative estimate of drug-likeness (QED) is 0.759. The van der Waals surface area contributed by atoms with Gasteiger partial charge in [0.05, 0.1) is 5.69 Å². The van der Waals surface area contributed by atoms with E-state index in [-0.39, 0.29) is 23.5 Å². The predicted molar refractivity (Wildman–Crippen MR) is 111 cm³/mol. The summed E-state index contributed by atoms with van der Waals surface area (Å²) in [4.78, 5) is 41.4. The summed E-state index contributed by atoms with van der Waals surface area (Å²) in [7, 11) is 0. The zero-order valence-electron chi connectivity index (χ0n) is 17.1. The van der Waals surface area contributed by atoms with E-state index in [1.165, 1.54) is 10.7 Å². The van der Waals surface area contributed by atoms with Gasteiger partial charge in [0.1, 0.15) is 12.1 Å². The third-order valence-electron chi connectivity index (χ3n) is 5.73. The van der Waals surface area contributed by atoms with E-state index in [9.17, 15) is 14.4 Å². The lowest BCUT2D eigenvalue weighted by atomic mass is 10.1. The molecule has 2 aliphatic heterocycles. The number of rotatable bonds is 4. The second-order valence-corrected chi connectivity index (χ2v) is 7.70. The van der Waals surface area contributed by atoms with Crippen LogP contribution in [0.25, 0.3) is 11.3 Å². The van der Waals surface area contributed by atoms with E-state index in [4.69, 9.17) is 4.74 Å². The van der Waals surface area contributed by atoms with E-state index in [1.54, 1.807) is 22.8 Å². The van der Waals surface area contributed by atoms with Crippen molar-refractivity contribution in [2.24, 2.45) is 0 Å². The molecule has 2 aliphatic rings. The molecule has 0 aliphatic carbocycles. The molecule has 0 bridgehead atoms. The highest BCUT2D eigenvalue weighted by molar-refractivity contribution is 5.83. The van der Waals surface area contributed by atoms with Gasteiger partial charge in [0.15, 0.2) is 0 Å². The standard InChI is InChI=1S/C22H26N4O4/c1-16(26-20(27)10-9-18(23-26)17-6-3-2-4-7-17)21(28)24-11-13-25(14-12-24)22(29)19-8-5-15-30-19/h2-4,6-7,9-10,16,19H,5,8,11-15H2,1H3. The minimum atomic E-state index is -0.721. The number of amides is 2. The molecule has 1 aromatic carbocycles. The zero-order valence-corrected chi connectivity index (χ0v) is 17.1. The Bertz CT molecular complexity index is 961. The van der Waals surface area contributed by atoms with Gasteiger partial charge in [0, 0.05) is 44.4 Å². The third kappa shape index (κ3) is 4.14. The van der Waals surface area contributed by atoms with Crippen LogP contribution in [-0.4, -0.2) is 70.3 Å². The van der Waals surface area contributed by atoms with Gasteiger partial charge in [-0.25, -0.2) is 4.68 Å². The molecule has 0 radical (unpaired) electrons. The highest BCUT2D eigenvalue weighted by atomic mass is 16.5. The normalized spacial score (nSPS) is 20.2. The first kappa shape index (κ1) is 20.3. The fourth-order valence-electron chi connectivity index (χ4n) is 3.96. The van der Waals surface area contributed by atoms with Crippen molar-refractivity contribution in [3.8, 4) is 11.3 Å². The van der Waals surface area contributed by atoms with Crippen LogP contribution in [0, 0.1) is 0 Å². The van der Waals surface area contributed by atoms with E-state index < -0.39 is 6.04 Å². The molecule has 8 nitrogen and oxygen atoms in total. The van der Waals surface area contributed by atoms with Gasteiger partial charge < -0.3 is 14.5 Å². The predicted octanol–water partition coefficient (Wildman–Crippen LogP) is 1.32. The van der Waals surface area contributed by atoms with Crippen LogP contribution >= 0.6 is 0 Å². The number of hydrogen-bond acceptors (Lipinski definition) is 5. The first-order valence-electron chi connectivity index (χ1n) is 10.4. The van der Waals surface area contributed by atoms with Gasteiger partial charge in [0.25, 0.3) is 11.5 Å². The Balaban J connectivity index is 1.43. The molecule has 2 saturated heterocycles. The molecule has 8 heteroatoms. The summed E-state index contributed by atoms with van der Waals surface area (Å²) in [6.45, 7) is 4.15. The van der Waals surface area contributed by atoms with Crippen molar-refractivity contribution in [3.63, 3.8) is 0 Å². The molecule has 3 heterocycles. The van der Waals surface area contributed by atoms with Gasteiger partial charge in [-0.3, -0.25) is 14.4 Å². The van der Waals surface area contributed by atoms with Crippen molar-refractivity contribution >= 4 is 11.8 Å². The maximum absolute atomic E-state index is 13.0. The molecule has 0 N–H and O–H groups in total. The molecule has 4 rings (SSSR count). The number of benzene rings is 1. The molecule has 2 atom stereocenters. The minimum Gasteiger partial charge on any atom is -0.368 e. The molecule has 2 amide bonds. The van der Waals surface area contributed by atoms with Crippen LogP contribution in [0.3, 0.4) is 0 Å². The Hall–Kier alpha value is -3.00. The maximum Gasteiger partial charge on any atom is 0.267 e. The highest BCUT2D eigenvalue weighted by Crippen LogP contribution is 2.18. The number of aromatic nitrogens is 2. The smallest absolute Gasteiger partial charge is 0.267 e. The van der Waals surface area contributed by atoms with E-state index in [1.807, 2.05) is 30.3 Å². The van der Waals surface area contributed by atoms with Crippen molar-refractivity contribution in [1.82, 2.24) is 19.6 Å². The monoisotopic (exact) mass is 410 g/mol. The lowest BCUT2D eigenvalue weighted by Crippen LogP contribution is -2.54. The largest absolute Gasteiger partial charge is 0.368 e. The fraction of sp³-hybridized carbons (Fsp3) is 0.455. The zero-order chi connectivity index (χ0) is 21.1. The summed E-state index contributed by atoms with van der Waals surface area (Å²) in [5.41, 5.74) is 1.21. The first-order valence-corrected chi connectivity index (χ1v) is 10.4. The molecule has 2 unspecified atom stereocenters. The number of ether oxygens (including phenoxy) is 1. The summed E-state index contributed by atoms with van der Waals surface area (Å²) in [5, 5.41) is 4.43. The Kier molecular flexibility index (Phi) is 5.94. The maximum atomic E-state index is 13.0. The van der Waals surface area contributed by atoms with Crippen LogP contribution in [0.2, 0.25) is 0 Å². The Morgan fingerprint density at radius 1 is 1.03 bits per heavy atom. The second kappa shape index (κ2) is 8.79. The summed E-state index contributed by atoms with van der Waals surface area (Å²) in [6, 6.07) is 11.9. The third-order valence-corrected chi connectivity index (χ3v) is 5.73. The molecule has 158 valence electrons. The van der Waals surface area contributed by atoms with Crippen molar-refractivity contribution in [1.29, 1.82) is 0 Å². The van der Waals surface area contributed by atoms with Crippen molar-refractivity contribution in [2.45, 2.75) is 31.9 Å². The molecule has 0 spiro atoms. The molecule has 30 heavy (non-hydrogen) atoms. The summed E-state index contributed by atoms with van der Waals surface area (Å²) >= 11 is 0. The Labute approximate surface area is 175 Å². The molecule has 0 saturated carbocycles. The molecular formula is C22H26N4O4. The first-order chi connectivity index (χ1) is 14.5. The number of carbonyl (C=O) groups is 2. The van der Waals surface area contributed by atoms with Crippen molar-refractivity contribution in [2.75, 3.05) is 32.8 Å². The van der Waals surface area contributed by atoms with Crippen LogP contribution in [0.4, 0.5) is 0 Å². The van der Waals surface area contributed by atoms with E-state index >= 15 is 0 Å². The lowest BCUT2D eigenvalue weighted by Gasteiger charge is -2.36. The van der Waals surface area contributed by atoms with Crippen LogP contribution in [-0.2, 0) is 14.3 Å². The molecular weight excluding hydrogens is 384 g/mol. The van der Waals surface area contributed by atoms with Gasteiger partial charge in [-0.2, -0.15) is 5.10 Å². The van der Waals surface area contributed by atoms with E-state index in [0.29, 0.717) is 38.5 Å². The van der Waals surface area contributed by atoms with Gasteiger partial charge in [-0.15, -0.1) is 0 Å². The SMILES string of the molecule is CC(C(=O)N1CCN(C(=O)C2CCCO2)CC1)n1nc(-c2ccccc2)ccc1=O. The summed E-state index contributed by atoms with van der Waals surface area (Å²) < 4.78 is 6.73. The summed E-state index contributed by atoms with van der Waals surface area (Å²) in [5.74, 6) is -0.153.